The molecule has 1 N–H and O–H groups in total. The fraction of sp³-hybridized carbons (Fsp3) is 1.00. The molecule has 0 rings (SSSR count). The van der Waals surface area contributed by atoms with Crippen molar-refractivity contribution in [2.24, 2.45) is 0 Å². The van der Waals surface area contributed by atoms with E-state index < -0.39 is 15.4 Å². The molecule has 146 valence electrons. The predicted molar refractivity (Wildman–Crippen MR) is 100 cm³/mol. The Bertz CT molecular complexity index is 374. The molecule has 0 aromatic rings. The maximum Gasteiger partial charge on any atom is 1.00 e. The molecule has 0 aliphatic rings. The second-order valence-electron chi connectivity index (χ2n) is 7.21. The number of aliphatic hydroxyl groups is 1. The first kappa shape index (κ1) is 28.7. The topological polar surface area (TPSA) is 77.4 Å². The Morgan fingerprint density at radius 3 is 1.52 bits per heavy atom. The molecule has 0 aliphatic heterocycles. The molecule has 0 aromatic heterocycles. The van der Waals surface area contributed by atoms with Crippen LogP contribution in [0.25, 0.3) is 0 Å². The average Bonchev–Trinajstić information content (AvgIpc) is 2.52. The van der Waals surface area contributed by atoms with Gasteiger partial charge in [0.2, 0.25) is 0 Å². The van der Waals surface area contributed by atoms with Gasteiger partial charge in [-0.1, -0.05) is 84.0 Å². The van der Waals surface area contributed by atoms with Gasteiger partial charge >= 0.3 is 51.4 Å². The van der Waals surface area contributed by atoms with Gasteiger partial charge in [-0.05, 0) is 26.2 Å². The van der Waals surface area contributed by atoms with E-state index in [1.807, 2.05) is 0 Å². The molecule has 2 atom stereocenters. The van der Waals surface area contributed by atoms with E-state index >= 15 is 0 Å². The molecule has 4 nitrogen and oxygen atoms in total. The maximum absolute atomic E-state index is 10.8. The van der Waals surface area contributed by atoms with Crippen molar-refractivity contribution in [3.63, 3.8) is 0 Å². The minimum Gasteiger partial charge on any atom is -0.748 e. The van der Waals surface area contributed by atoms with Crippen LogP contribution < -0.4 is 51.4 Å². The summed E-state index contributed by atoms with van der Waals surface area (Å²) in [6.45, 7) is 3.72. The van der Waals surface area contributed by atoms with Gasteiger partial charge in [0.15, 0.2) is 0 Å². The molecular formula is C19H39KO4S. The molecule has 0 saturated carbocycles. The van der Waals surface area contributed by atoms with E-state index in [1.165, 1.54) is 51.9 Å². The summed E-state index contributed by atoms with van der Waals surface area (Å²) >= 11 is 0. The number of hydrogen-bond donors (Lipinski definition) is 1. The van der Waals surface area contributed by atoms with Crippen LogP contribution in [0.4, 0.5) is 0 Å². The van der Waals surface area contributed by atoms with Crippen molar-refractivity contribution >= 4 is 10.1 Å². The second kappa shape index (κ2) is 18.9. The fourth-order valence-electron chi connectivity index (χ4n) is 2.97. The Kier molecular flexibility index (Phi) is 21.7. The Hall–Kier alpha value is 1.51. The standard InChI is InChI=1S/C19H40O4S.K/c1-3-4-5-6-7-8-9-13-16-19(20)17-14-11-10-12-15-18(2)24(21,22)23;/h18-20H,3-17H2,1-2H3,(H,21,22,23);/q;+1/p-1. The van der Waals surface area contributed by atoms with Crippen LogP contribution in [-0.4, -0.2) is 29.4 Å². The SMILES string of the molecule is CCCCCCCCCCC(O)CCCCCCC(C)S(=O)(=O)[O-].[K+]. The quantitative estimate of drug-likeness (QED) is 0.230. The van der Waals surface area contributed by atoms with Crippen molar-refractivity contribution in [1.29, 1.82) is 0 Å². The summed E-state index contributed by atoms with van der Waals surface area (Å²) in [4.78, 5) is 0. The zero-order chi connectivity index (χ0) is 18.3. The minimum atomic E-state index is -4.12. The van der Waals surface area contributed by atoms with E-state index in [9.17, 15) is 18.1 Å². The first-order valence-corrected chi connectivity index (χ1v) is 11.5. The summed E-state index contributed by atoms with van der Waals surface area (Å²) in [6, 6.07) is 0. The summed E-state index contributed by atoms with van der Waals surface area (Å²) in [5.74, 6) is 0. The molecule has 0 spiro atoms. The van der Waals surface area contributed by atoms with E-state index in [4.69, 9.17) is 0 Å². The van der Waals surface area contributed by atoms with Gasteiger partial charge in [-0.3, -0.25) is 0 Å². The Morgan fingerprint density at radius 2 is 1.12 bits per heavy atom. The molecular weight excluding hydrogens is 363 g/mol. The summed E-state index contributed by atoms with van der Waals surface area (Å²) in [7, 11) is -4.12. The molecule has 0 amide bonds. The second-order valence-corrected chi connectivity index (χ2v) is 9.00. The van der Waals surface area contributed by atoms with Crippen LogP contribution in [0.15, 0.2) is 0 Å². The minimum absolute atomic E-state index is 0. The third kappa shape index (κ3) is 20.1. The van der Waals surface area contributed by atoms with E-state index in [1.54, 1.807) is 0 Å². The van der Waals surface area contributed by atoms with Crippen molar-refractivity contribution in [3.05, 3.63) is 0 Å². The van der Waals surface area contributed by atoms with Crippen LogP contribution in [0.3, 0.4) is 0 Å². The average molecular weight is 403 g/mol. The molecule has 0 bridgehead atoms. The van der Waals surface area contributed by atoms with Gasteiger partial charge in [-0.25, -0.2) is 8.42 Å². The fourth-order valence-corrected chi connectivity index (χ4v) is 3.42. The van der Waals surface area contributed by atoms with Crippen molar-refractivity contribution < 1.29 is 69.5 Å². The summed E-state index contributed by atoms with van der Waals surface area (Å²) in [6.07, 6.45) is 16.0. The maximum atomic E-state index is 10.8. The van der Waals surface area contributed by atoms with E-state index in [2.05, 4.69) is 6.92 Å². The Morgan fingerprint density at radius 1 is 0.760 bits per heavy atom. The van der Waals surface area contributed by atoms with Gasteiger partial charge in [-0.15, -0.1) is 0 Å². The molecule has 0 radical (unpaired) electrons. The molecule has 6 heteroatoms. The van der Waals surface area contributed by atoms with E-state index in [-0.39, 0.29) is 57.5 Å². The van der Waals surface area contributed by atoms with Gasteiger partial charge in [0.05, 0.1) is 16.2 Å². The summed E-state index contributed by atoms with van der Waals surface area (Å²) in [5, 5.41) is 9.18. The molecule has 25 heavy (non-hydrogen) atoms. The van der Waals surface area contributed by atoms with Crippen molar-refractivity contribution in [2.75, 3.05) is 0 Å². The number of aliphatic hydroxyl groups excluding tert-OH is 1. The van der Waals surface area contributed by atoms with Gasteiger partial charge in [-0.2, -0.15) is 0 Å². The van der Waals surface area contributed by atoms with Gasteiger partial charge in [0.25, 0.3) is 0 Å². The molecule has 0 saturated heterocycles. The smallest absolute Gasteiger partial charge is 0.748 e. The van der Waals surface area contributed by atoms with Crippen LogP contribution in [0.1, 0.15) is 110 Å². The Balaban J connectivity index is 0. The van der Waals surface area contributed by atoms with E-state index in [0.717, 1.165) is 44.9 Å². The van der Waals surface area contributed by atoms with Gasteiger partial charge in [0.1, 0.15) is 0 Å². The predicted octanol–water partition coefficient (Wildman–Crippen LogP) is 2.16. The van der Waals surface area contributed by atoms with Gasteiger partial charge in [0, 0.05) is 5.25 Å². The number of hydrogen-bond acceptors (Lipinski definition) is 4. The van der Waals surface area contributed by atoms with Gasteiger partial charge < -0.3 is 9.66 Å². The normalized spacial score (nSPS) is 14.1. The van der Waals surface area contributed by atoms with Crippen LogP contribution in [0.5, 0.6) is 0 Å². The monoisotopic (exact) mass is 402 g/mol. The van der Waals surface area contributed by atoms with Crippen molar-refractivity contribution in [1.82, 2.24) is 0 Å². The van der Waals surface area contributed by atoms with E-state index in [0.29, 0.717) is 6.42 Å². The number of rotatable bonds is 17. The Labute approximate surface area is 199 Å². The van der Waals surface area contributed by atoms with Crippen LogP contribution >= 0.6 is 0 Å². The first-order valence-electron chi connectivity index (χ1n) is 10.0. The van der Waals surface area contributed by atoms with Crippen molar-refractivity contribution in [3.8, 4) is 0 Å². The van der Waals surface area contributed by atoms with Crippen LogP contribution in [0, 0.1) is 0 Å². The third-order valence-electron chi connectivity index (χ3n) is 4.78. The first-order chi connectivity index (χ1) is 11.4. The zero-order valence-corrected chi connectivity index (χ0v) is 20.8. The molecule has 0 aliphatic carbocycles. The van der Waals surface area contributed by atoms with Crippen LogP contribution in [0.2, 0.25) is 0 Å². The summed E-state index contributed by atoms with van der Waals surface area (Å²) in [5.41, 5.74) is 0. The zero-order valence-electron chi connectivity index (χ0n) is 16.8. The molecule has 0 aromatic carbocycles. The molecule has 2 unspecified atom stereocenters. The van der Waals surface area contributed by atoms with Crippen LogP contribution in [-0.2, 0) is 10.1 Å². The summed E-state index contributed by atoms with van der Waals surface area (Å²) < 4.78 is 32.3. The third-order valence-corrected chi connectivity index (χ3v) is 6.00. The largest absolute Gasteiger partial charge is 1.00 e. The molecule has 0 fully saturated rings. The molecule has 0 heterocycles. The number of unbranched alkanes of at least 4 members (excludes halogenated alkanes) is 10. The van der Waals surface area contributed by atoms with Crippen molar-refractivity contribution in [2.45, 2.75) is 122 Å².